The van der Waals surface area contributed by atoms with Crippen molar-refractivity contribution in [1.82, 2.24) is 20.6 Å². The van der Waals surface area contributed by atoms with Crippen molar-refractivity contribution in [2.75, 3.05) is 30.4 Å². The quantitative estimate of drug-likeness (QED) is 0.294. The first kappa shape index (κ1) is 28.8. The van der Waals surface area contributed by atoms with E-state index >= 15 is 4.39 Å². The summed E-state index contributed by atoms with van der Waals surface area (Å²) in [7, 11) is 0. The monoisotopic (exact) mass is 620 g/mol. The van der Waals surface area contributed by atoms with E-state index in [9.17, 15) is 22.4 Å². The van der Waals surface area contributed by atoms with Crippen molar-refractivity contribution in [3.8, 4) is 22.9 Å². The van der Waals surface area contributed by atoms with Crippen molar-refractivity contribution in [2.45, 2.75) is 69.7 Å². The molecule has 234 valence electrons. The molecular weight excluding hydrogens is 591 g/mol. The number of nitrogens with two attached hydrogens (primary N) is 1. The molecule has 1 amide bonds. The third kappa shape index (κ3) is 4.55. The topological polar surface area (TPSA) is 124 Å². The van der Waals surface area contributed by atoms with Crippen LogP contribution in [0.4, 0.5) is 33.5 Å². The molecular formula is C29H29F5N6O4. The maximum atomic E-state index is 16.9. The molecule has 2 bridgehead atoms. The lowest BCUT2D eigenvalue weighted by molar-refractivity contribution is -0.275. The molecule has 10 nitrogen and oxygen atoms in total. The molecule has 44 heavy (non-hydrogen) atoms. The fraction of sp³-hybridized carbons (Fsp3) is 0.483. The Balaban J connectivity index is 1.54. The number of nitrogen functional groups attached to an aromatic ring is 1. The highest BCUT2D eigenvalue weighted by Crippen LogP contribution is 2.49. The molecule has 4 aliphatic heterocycles. The van der Waals surface area contributed by atoms with Crippen LogP contribution in [0.15, 0.2) is 12.1 Å². The van der Waals surface area contributed by atoms with E-state index in [-0.39, 0.29) is 64.6 Å². The summed E-state index contributed by atoms with van der Waals surface area (Å²) in [5.41, 5.74) is 4.58. The number of aromatic nitrogens is 2. The van der Waals surface area contributed by atoms with E-state index in [4.69, 9.17) is 20.2 Å². The van der Waals surface area contributed by atoms with Crippen molar-refractivity contribution in [2.24, 2.45) is 0 Å². The molecule has 4 aliphatic rings. The second-order valence-corrected chi connectivity index (χ2v) is 12.1. The van der Waals surface area contributed by atoms with Crippen LogP contribution < -0.4 is 30.7 Å². The predicted molar refractivity (Wildman–Crippen MR) is 148 cm³/mol. The maximum absolute atomic E-state index is 16.9. The molecule has 1 aromatic carbocycles. The van der Waals surface area contributed by atoms with Gasteiger partial charge in [-0.25, -0.2) is 18.7 Å². The van der Waals surface area contributed by atoms with Crippen molar-refractivity contribution in [3.63, 3.8) is 0 Å². The molecule has 5 atom stereocenters. The number of piperazine rings is 1. The van der Waals surface area contributed by atoms with Crippen LogP contribution in [0.25, 0.3) is 22.0 Å². The smallest absolute Gasteiger partial charge is 0.472 e. The first-order chi connectivity index (χ1) is 20.7. The van der Waals surface area contributed by atoms with E-state index in [1.165, 1.54) is 0 Å². The van der Waals surface area contributed by atoms with Gasteiger partial charge in [-0.1, -0.05) is 0 Å². The lowest BCUT2D eigenvalue weighted by Crippen LogP contribution is -2.66. The van der Waals surface area contributed by atoms with Crippen molar-refractivity contribution in [3.05, 3.63) is 35.0 Å². The van der Waals surface area contributed by atoms with Crippen LogP contribution in [0.5, 0.6) is 11.6 Å². The minimum Gasteiger partial charge on any atom is -0.472 e. The summed E-state index contributed by atoms with van der Waals surface area (Å²) < 4.78 is 87.9. The Labute approximate surface area is 248 Å². The van der Waals surface area contributed by atoms with E-state index in [0.717, 1.165) is 18.9 Å². The van der Waals surface area contributed by atoms with E-state index in [1.54, 1.807) is 6.92 Å². The number of hydrogen-bond donors (Lipinski definition) is 3. The lowest BCUT2D eigenvalue weighted by Gasteiger charge is -2.46. The number of morpholine rings is 1. The van der Waals surface area contributed by atoms with Gasteiger partial charge in [-0.15, -0.1) is 13.2 Å². The van der Waals surface area contributed by atoms with Crippen LogP contribution in [-0.2, 0) is 9.53 Å². The van der Waals surface area contributed by atoms with Crippen LogP contribution in [0, 0.1) is 18.6 Å². The number of alkyl halides is 3. The molecule has 3 aromatic rings. The summed E-state index contributed by atoms with van der Waals surface area (Å²) in [5.74, 6) is -3.87. The normalized spacial score (nSPS) is 27.9. The van der Waals surface area contributed by atoms with Gasteiger partial charge >= 0.3 is 6.36 Å². The van der Waals surface area contributed by atoms with Gasteiger partial charge in [0.1, 0.15) is 24.2 Å². The van der Waals surface area contributed by atoms with Gasteiger partial charge in [0.25, 0.3) is 0 Å². The number of hydrogen-bond acceptors (Lipinski definition) is 9. The number of amides is 1. The second kappa shape index (κ2) is 9.76. The summed E-state index contributed by atoms with van der Waals surface area (Å²) in [5, 5.41) is 6.68. The SMILES string of the molecule is Cc1c(C2COCC(=O)N2)nc2c3c(nc(-c4cc(N)cc(F)c4OC(F)(F)F)c(F)c13)OC(C)C1C3CCC(C)(CN21)N3. The van der Waals surface area contributed by atoms with Crippen LogP contribution in [0.2, 0.25) is 0 Å². The zero-order valence-electron chi connectivity index (χ0n) is 23.9. The maximum Gasteiger partial charge on any atom is 0.573 e. The van der Waals surface area contributed by atoms with Gasteiger partial charge in [0, 0.05) is 35.3 Å². The van der Waals surface area contributed by atoms with Gasteiger partial charge in [-0.05, 0) is 45.2 Å². The molecule has 2 aromatic heterocycles. The molecule has 3 saturated heterocycles. The summed E-state index contributed by atoms with van der Waals surface area (Å²) in [4.78, 5) is 23.7. The number of nitrogens with zero attached hydrogens (tertiary/aromatic N) is 3. The number of anilines is 2. The fourth-order valence-electron chi connectivity index (χ4n) is 7.19. The van der Waals surface area contributed by atoms with Crippen molar-refractivity contribution in [1.29, 1.82) is 0 Å². The number of ether oxygens (including phenoxy) is 3. The molecule has 0 radical (unpaired) electrons. The highest BCUT2D eigenvalue weighted by molar-refractivity contribution is 6.02. The summed E-state index contributed by atoms with van der Waals surface area (Å²) in [6.45, 7) is 5.95. The van der Waals surface area contributed by atoms with Gasteiger partial charge < -0.3 is 35.5 Å². The second-order valence-electron chi connectivity index (χ2n) is 12.1. The van der Waals surface area contributed by atoms with Gasteiger partial charge in [-0.2, -0.15) is 0 Å². The number of carbonyl (C=O) groups is 1. The largest absolute Gasteiger partial charge is 0.573 e. The van der Waals surface area contributed by atoms with E-state index in [0.29, 0.717) is 24.1 Å². The van der Waals surface area contributed by atoms with Crippen LogP contribution in [0.1, 0.15) is 44.0 Å². The summed E-state index contributed by atoms with van der Waals surface area (Å²) in [6, 6.07) is 0.615. The van der Waals surface area contributed by atoms with E-state index < -0.39 is 47.1 Å². The van der Waals surface area contributed by atoms with Gasteiger partial charge in [0.2, 0.25) is 11.8 Å². The molecule has 4 N–H and O–H groups in total. The molecule has 0 aliphatic carbocycles. The average Bonchev–Trinajstić information content (AvgIpc) is 3.18. The standard InChI is InChI=1S/C29H29F5N6O4/c1-11-19-20-26(37-22(11)17-8-42-9-18(41)36-17)40-10-28(3)5-4-16(39-28)24(40)12(2)43-27(20)38-23(21(19)31)14-6-13(35)7-15(30)25(14)44-29(32,33)34/h6-7,12,16-17,24,39H,4-5,8-10,35H2,1-3H3,(H,36,41). The van der Waals surface area contributed by atoms with Crippen LogP contribution >= 0.6 is 0 Å². The minimum atomic E-state index is -5.29. The molecule has 5 unspecified atom stereocenters. The average molecular weight is 621 g/mol. The summed E-state index contributed by atoms with van der Waals surface area (Å²) >= 11 is 0. The fourth-order valence-corrected chi connectivity index (χ4v) is 7.19. The number of carbonyl (C=O) groups excluding carboxylic acids is 1. The zero-order chi connectivity index (χ0) is 31.3. The molecule has 15 heteroatoms. The Morgan fingerprint density at radius 1 is 1.20 bits per heavy atom. The summed E-state index contributed by atoms with van der Waals surface area (Å²) in [6.07, 6.45) is -4.07. The van der Waals surface area contributed by atoms with Gasteiger partial charge in [0.05, 0.1) is 35.3 Å². The van der Waals surface area contributed by atoms with Crippen molar-refractivity contribution >= 4 is 28.2 Å². The first-order valence-electron chi connectivity index (χ1n) is 14.2. The third-order valence-corrected chi connectivity index (χ3v) is 8.92. The van der Waals surface area contributed by atoms with E-state index in [1.807, 2.05) is 6.92 Å². The molecule has 0 spiro atoms. The Bertz CT molecular complexity index is 1720. The number of rotatable bonds is 3. The number of fused-ring (bicyclic) bond motifs is 5. The van der Waals surface area contributed by atoms with Gasteiger partial charge in [0.15, 0.2) is 17.4 Å². The highest BCUT2D eigenvalue weighted by atomic mass is 19.4. The Hall–Kier alpha value is -3.98. The first-order valence-corrected chi connectivity index (χ1v) is 14.2. The zero-order valence-corrected chi connectivity index (χ0v) is 23.9. The number of halogens is 5. The van der Waals surface area contributed by atoms with Crippen molar-refractivity contribution < 1.29 is 41.0 Å². The minimum absolute atomic E-state index is 0.00324. The van der Waals surface area contributed by atoms with Crippen LogP contribution in [0.3, 0.4) is 0 Å². The molecule has 3 fully saturated rings. The Morgan fingerprint density at radius 3 is 2.70 bits per heavy atom. The Morgan fingerprint density at radius 2 is 1.98 bits per heavy atom. The van der Waals surface area contributed by atoms with Gasteiger partial charge in [-0.3, -0.25) is 4.79 Å². The van der Waals surface area contributed by atoms with Crippen LogP contribution in [-0.4, -0.2) is 65.7 Å². The molecule has 7 rings (SSSR count). The third-order valence-electron chi connectivity index (χ3n) is 8.92. The Kier molecular flexibility index (Phi) is 6.38. The number of aryl methyl sites for hydroxylation is 1. The highest BCUT2D eigenvalue weighted by Gasteiger charge is 2.51. The molecule has 6 heterocycles. The number of pyridine rings is 2. The number of nitrogens with one attached hydrogen (secondary N) is 2. The molecule has 0 saturated carbocycles. The predicted octanol–water partition coefficient (Wildman–Crippen LogP) is 4.03. The lowest BCUT2D eigenvalue weighted by atomic mass is 9.94. The van der Waals surface area contributed by atoms with E-state index in [2.05, 4.69) is 32.2 Å². The number of benzene rings is 1.